The SMILES string of the molecule is COc1cc(C=NNC(=O)c2ccc(NC(C)=O)cc2)ccc1OCc1ccccc1. The van der Waals surface area contributed by atoms with E-state index in [1.807, 2.05) is 36.4 Å². The third-order valence-corrected chi connectivity index (χ3v) is 4.27. The van der Waals surface area contributed by atoms with Gasteiger partial charge in [-0.25, -0.2) is 5.43 Å². The van der Waals surface area contributed by atoms with Crippen LogP contribution in [0.1, 0.15) is 28.4 Å². The zero-order valence-electron chi connectivity index (χ0n) is 17.3. The Bertz CT molecular complexity index is 1060. The molecule has 0 atom stereocenters. The Hall–Kier alpha value is -4.13. The molecule has 0 radical (unpaired) electrons. The third-order valence-electron chi connectivity index (χ3n) is 4.27. The molecule has 2 N–H and O–H groups in total. The van der Waals surface area contributed by atoms with Crippen molar-refractivity contribution in [2.45, 2.75) is 13.5 Å². The molecule has 0 aliphatic rings. The number of amides is 2. The molecule has 0 aliphatic heterocycles. The predicted molar refractivity (Wildman–Crippen MR) is 120 cm³/mol. The van der Waals surface area contributed by atoms with Crippen molar-refractivity contribution in [3.8, 4) is 11.5 Å². The molecule has 0 saturated carbocycles. The number of carbonyl (C=O) groups is 2. The van der Waals surface area contributed by atoms with E-state index in [1.165, 1.54) is 13.1 Å². The highest BCUT2D eigenvalue weighted by Gasteiger charge is 2.07. The first-order valence-corrected chi connectivity index (χ1v) is 9.61. The normalized spacial score (nSPS) is 10.5. The van der Waals surface area contributed by atoms with E-state index in [-0.39, 0.29) is 11.8 Å². The van der Waals surface area contributed by atoms with Gasteiger partial charge in [-0.2, -0.15) is 5.10 Å². The summed E-state index contributed by atoms with van der Waals surface area (Å²) in [6.07, 6.45) is 1.52. The van der Waals surface area contributed by atoms with Crippen molar-refractivity contribution in [2.24, 2.45) is 5.10 Å². The quantitative estimate of drug-likeness (QED) is 0.428. The average Bonchev–Trinajstić information content (AvgIpc) is 2.78. The van der Waals surface area contributed by atoms with E-state index in [0.717, 1.165) is 11.1 Å². The fourth-order valence-corrected chi connectivity index (χ4v) is 2.76. The first-order chi connectivity index (χ1) is 15.0. The highest BCUT2D eigenvalue weighted by Crippen LogP contribution is 2.28. The van der Waals surface area contributed by atoms with E-state index in [2.05, 4.69) is 15.8 Å². The van der Waals surface area contributed by atoms with Gasteiger partial charge in [-0.1, -0.05) is 30.3 Å². The van der Waals surface area contributed by atoms with Crippen LogP contribution in [0.25, 0.3) is 0 Å². The van der Waals surface area contributed by atoms with Crippen LogP contribution < -0.4 is 20.2 Å². The van der Waals surface area contributed by atoms with Crippen molar-refractivity contribution < 1.29 is 19.1 Å². The molecule has 2 amide bonds. The Morgan fingerprint density at radius 3 is 2.39 bits per heavy atom. The van der Waals surface area contributed by atoms with Crippen LogP contribution in [-0.4, -0.2) is 25.1 Å². The van der Waals surface area contributed by atoms with Gasteiger partial charge in [-0.15, -0.1) is 0 Å². The molecule has 0 aliphatic carbocycles. The Balaban J connectivity index is 1.58. The third kappa shape index (κ3) is 6.43. The number of rotatable bonds is 8. The van der Waals surface area contributed by atoms with Gasteiger partial charge in [0.05, 0.1) is 13.3 Å². The van der Waals surface area contributed by atoms with Crippen LogP contribution in [-0.2, 0) is 11.4 Å². The molecule has 3 aromatic carbocycles. The van der Waals surface area contributed by atoms with Gasteiger partial charge < -0.3 is 14.8 Å². The van der Waals surface area contributed by atoms with Gasteiger partial charge in [0.15, 0.2) is 11.5 Å². The van der Waals surface area contributed by atoms with Crippen LogP contribution >= 0.6 is 0 Å². The number of hydrogen-bond donors (Lipinski definition) is 2. The summed E-state index contributed by atoms with van der Waals surface area (Å²) in [6, 6.07) is 21.8. The Morgan fingerprint density at radius 2 is 1.71 bits per heavy atom. The molecule has 0 unspecified atom stereocenters. The van der Waals surface area contributed by atoms with Crippen LogP contribution in [0.4, 0.5) is 5.69 Å². The summed E-state index contributed by atoms with van der Waals surface area (Å²) in [5.74, 6) is 0.653. The molecule has 31 heavy (non-hydrogen) atoms. The summed E-state index contributed by atoms with van der Waals surface area (Å²) in [5, 5.41) is 6.64. The van der Waals surface area contributed by atoms with Crippen molar-refractivity contribution in [3.63, 3.8) is 0 Å². The van der Waals surface area contributed by atoms with Gasteiger partial charge in [0.25, 0.3) is 5.91 Å². The summed E-state index contributed by atoms with van der Waals surface area (Å²) < 4.78 is 11.2. The van der Waals surface area contributed by atoms with Crippen LogP contribution in [0.3, 0.4) is 0 Å². The van der Waals surface area contributed by atoms with E-state index < -0.39 is 0 Å². The molecule has 0 saturated heterocycles. The lowest BCUT2D eigenvalue weighted by molar-refractivity contribution is -0.114. The number of benzene rings is 3. The fraction of sp³-hybridized carbons (Fsp3) is 0.125. The summed E-state index contributed by atoms with van der Waals surface area (Å²) >= 11 is 0. The molecule has 3 aromatic rings. The second kappa shape index (κ2) is 10.6. The molecular formula is C24H23N3O4. The van der Waals surface area contributed by atoms with Crippen LogP contribution in [0.15, 0.2) is 77.9 Å². The van der Waals surface area contributed by atoms with E-state index in [1.54, 1.807) is 43.5 Å². The molecular weight excluding hydrogens is 394 g/mol. The highest BCUT2D eigenvalue weighted by molar-refractivity contribution is 5.96. The van der Waals surface area contributed by atoms with E-state index >= 15 is 0 Å². The maximum Gasteiger partial charge on any atom is 0.271 e. The van der Waals surface area contributed by atoms with Gasteiger partial charge in [-0.3, -0.25) is 9.59 Å². The lowest BCUT2D eigenvalue weighted by Gasteiger charge is -2.11. The molecule has 0 bridgehead atoms. The van der Waals surface area contributed by atoms with E-state index in [4.69, 9.17) is 9.47 Å². The molecule has 0 aromatic heterocycles. The van der Waals surface area contributed by atoms with Crippen LogP contribution in [0, 0.1) is 0 Å². The molecule has 158 valence electrons. The summed E-state index contributed by atoms with van der Waals surface area (Å²) in [4.78, 5) is 23.3. The molecule has 0 heterocycles. The lowest BCUT2D eigenvalue weighted by atomic mass is 10.2. The van der Waals surface area contributed by atoms with Gasteiger partial charge in [0.1, 0.15) is 6.61 Å². The fourth-order valence-electron chi connectivity index (χ4n) is 2.76. The number of nitrogens with one attached hydrogen (secondary N) is 2. The number of nitrogens with zero attached hydrogens (tertiary/aromatic N) is 1. The second-order valence-corrected chi connectivity index (χ2v) is 6.64. The number of carbonyl (C=O) groups excluding carboxylic acids is 2. The van der Waals surface area contributed by atoms with Gasteiger partial charge in [0.2, 0.25) is 5.91 Å². The van der Waals surface area contributed by atoms with Gasteiger partial charge in [-0.05, 0) is 53.6 Å². The maximum absolute atomic E-state index is 12.2. The Kier molecular flexibility index (Phi) is 7.37. The minimum absolute atomic E-state index is 0.172. The maximum atomic E-state index is 12.2. The number of methoxy groups -OCH3 is 1. The number of ether oxygens (including phenoxy) is 2. The van der Waals surface area contributed by atoms with Crippen LogP contribution in [0.2, 0.25) is 0 Å². The van der Waals surface area contributed by atoms with Gasteiger partial charge >= 0.3 is 0 Å². The number of hydrazone groups is 1. The van der Waals surface area contributed by atoms with E-state index in [0.29, 0.717) is 29.4 Å². The zero-order valence-corrected chi connectivity index (χ0v) is 17.3. The minimum Gasteiger partial charge on any atom is -0.493 e. The molecule has 0 spiro atoms. The molecule has 0 fully saturated rings. The lowest BCUT2D eigenvalue weighted by Crippen LogP contribution is -2.17. The van der Waals surface area contributed by atoms with Crippen molar-refractivity contribution in [1.82, 2.24) is 5.43 Å². The predicted octanol–water partition coefficient (Wildman–Crippen LogP) is 4.00. The zero-order chi connectivity index (χ0) is 22.1. The average molecular weight is 417 g/mol. The first kappa shape index (κ1) is 21.6. The smallest absolute Gasteiger partial charge is 0.271 e. The van der Waals surface area contributed by atoms with Crippen molar-refractivity contribution in [3.05, 3.63) is 89.5 Å². The number of hydrogen-bond acceptors (Lipinski definition) is 5. The molecule has 3 rings (SSSR count). The Morgan fingerprint density at radius 1 is 0.968 bits per heavy atom. The largest absolute Gasteiger partial charge is 0.493 e. The summed E-state index contributed by atoms with van der Waals surface area (Å²) in [7, 11) is 1.57. The van der Waals surface area contributed by atoms with Crippen molar-refractivity contribution in [1.29, 1.82) is 0 Å². The van der Waals surface area contributed by atoms with Gasteiger partial charge in [0, 0.05) is 18.2 Å². The second-order valence-electron chi connectivity index (χ2n) is 6.64. The Labute approximate surface area is 180 Å². The first-order valence-electron chi connectivity index (χ1n) is 9.61. The summed E-state index contributed by atoms with van der Waals surface area (Å²) in [6.45, 7) is 1.85. The molecule has 7 heteroatoms. The highest BCUT2D eigenvalue weighted by atomic mass is 16.5. The van der Waals surface area contributed by atoms with Crippen molar-refractivity contribution >= 4 is 23.7 Å². The monoisotopic (exact) mass is 417 g/mol. The topological polar surface area (TPSA) is 89.0 Å². The number of anilines is 1. The minimum atomic E-state index is -0.361. The molecule has 7 nitrogen and oxygen atoms in total. The van der Waals surface area contributed by atoms with Crippen LogP contribution in [0.5, 0.6) is 11.5 Å². The summed E-state index contributed by atoms with van der Waals surface area (Å²) in [5.41, 5.74) is 5.32. The van der Waals surface area contributed by atoms with E-state index in [9.17, 15) is 9.59 Å². The standard InChI is InChI=1S/C24H23N3O4/c1-17(28)26-21-11-9-20(10-12-21)24(29)27-25-15-19-8-13-22(23(14-19)30-2)31-16-18-6-4-3-5-7-18/h3-15H,16H2,1-2H3,(H,26,28)(H,27,29). The van der Waals surface area contributed by atoms with Crippen molar-refractivity contribution in [2.75, 3.05) is 12.4 Å².